The van der Waals surface area contributed by atoms with Gasteiger partial charge in [-0.2, -0.15) is 0 Å². The summed E-state index contributed by atoms with van der Waals surface area (Å²) in [6.45, 7) is -0.171. The van der Waals surface area contributed by atoms with E-state index >= 15 is 0 Å². The van der Waals surface area contributed by atoms with E-state index in [1.54, 1.807) is 36.4 Å². The number of hydrogen-bond donors (Lipinski definition) is 2. The van der Waals surface area contributed by atoms with E-state index < -0.39 is 17.1 Å². The Hall–Kier alpha value is -3.23. The van der Waals surface area contributed by atoms with Gasteiger partial charge in [0.15, 0.2) is 11.6 Å². The van der Waals surface area contributed by atoms with Crippen molar-refractivity contribution in [1.82, 2.24) is 9.55 Å². The van der Waals surface area contributed by atoms with Crippen molar-refractivity contribution in [3.63, 3.8) is 0 Å². The molecule has 0 aliphatic heterocycles. The minimum atomic E-state index is -0.594. The van der Waals surface area contributed by atoms with Gasteiger partial charge in [0.25, 0.3) is 5.56 Å². The number of aromatic amines is 1. The molecule has 0 amide bonds. The molecule has 28 heavy (non-hydrogen) atoms. The highest BCUT2D eigenvalue weighted by Crippen LogP contribution is 2.25. The molecular weight excluding hydrogens is 367 g/mol. The molecule has 3 aromatic rings. The molecule has 2 aromatic carbocycles. The van der Waals surface area contributed by atoms with E-state index in [1.807, 2.05) is 0 Å². The van der Waals surface area contributed by atoms with Crippen LogP contribution in [0.15, 0.2) is 64.3 Å². The third-order valence-electron chi connectivity index (χ3n) is 3.91. The molecule has 0 saturated heterocycles. The summed E-state index contributed by atoms with van der Waals surface area (Å²) < 4.78 is 25.7. The number of aliphatic hydroxyl groups excluding tert-OH is 1. The Bertz CT molecular complexity index is 1060. The van der Waals surface area contributed by atoms with Crippen LogP contribution in [0.3, 0.4) is 0 Å². The van der Waals surface area contributed by atoms with E-state index in [1.165, 1.54) is 22.9 Å². The molecular formula is C20H19FN2O5. The molecule has 0 unspecified atom stereocenters. The maximum absolute atomic E-state index is 13.8. The van der Waals surface area contributed by atoms with Crippen LogP contribution in [0.2, 0.25) is 0 Å². The summed E-state index contributed by atoms with van der Waals surface area (Å²) in [4.78, 5) is 26.2. The van der Waals surface area contributed by atoms with Gasteiger partial charge in [0.05, 0.1) is 13.2 Å². The number of hydrogen-bond acceptors (Lipinski definition) is 5. The Morgan fingerprint density at radius 3 is 2.71 bits per heavy atom. The number of nitrogens with one attached hydrogen (secondary N) is 1. The number of rotatable bonds is 8. The molecule has 2 N–H and O–H groups in total. The molecule has 8 heteroatoms. The number of para-hydroxylation sites is 1. The number of benzene rings is 2. The number of H-pyrrole nitrogens is 1. The van der Waals surface area contributed by atoms with Gasteiger partial charge in [0.1, 0.15) is 12.5 Å². The Balaban J connectivity index is 1.80. The van der Waals surface area contributed by atoms with Gasteiger partial charge in [0.2, 0.25) is 0 Å². The fourth-order valence-electron chi connectivity index (χ4n) is 2.60. The first kappa shape index (κ1) is 19.5. The van der Waals surface area contributed by atoms with Crippen molar-refractivity contribution in [2.24, 2.45) is 0 Å². The molecule has 0 saturated carbocycles. The molecule has 0 bridgehead atoms. The smallest absolute Gasteiger partial charge is 0.330 e. The topological polar surface area (TPSA) is 93.6 Å². The lowest BCUT2D eigenvalue weighted by atomic mass is 10.1. The van der Waals surface area contributed by atoms with E-state index in [9.17, 15) is 14.0 Å². The maximum Gasteiger partial charge on any atom is 0.330 e. The van der Waals surface area contributed by atoms with E-state index in [2.05, 4.69) is 4.98 Å². The molecule has 1 heterocycles. The minimum absolute atomic E-state index is 0.0797. The van der Waals surface area contributed by atoms with Crippen LogP contribution in [0.1, 0.15) is 11.1 Å². The van der Waals surface area contributed by atoms with Crippen LogP contribution < -0.4 is 16.0 Å². The molecule has 7 nitrogen and oxygen atoms in total. The highest BCUT2D eigenvalue weighted by molar-refractivity contribution is 5.36. The Morgan fingerprint density at radius 2 is 1.93 bits per heavy atom. The number of nitrogens with zero attached hydrogens (tertiary/aromatic N) is 1. The first-order chi connectivity index (χ1) is 13.6. The first-order valence-corrected chi connectivity index (χ1v) is 8.59. The monoisotopic (exact) mass is 386 g/mol. The molecule has 146 valence electrons. The highest BCUT2D eigenvalue weighted by atomic mass is 19.1. The van der Waals surface area contributed by atoms with Gasteiger partial charge in [-0.1, -0.05) is 24.3 Å². The van der Waals surface area contributed by atoms with Crippen molar-refractivity contribution in [1.29, 1.82) is 0 Å². The van der Waals surface area contributed by atoms with Crippen LogP contribution in [0.4, 0.5) is 4.39 Å². The lowest BCUT2D eigenvalue weighted by Crippen LogP contribution is -2.32. The lowest BCUT2D eigenvalue weighted by molar-refractivity contribution is 0.0455. The van der Waals surface area contributed by atoms with Gasteiger partial charge < -0.3 is 14.6 Å². The van der Waals surface area contributed by atoms with E-state index in [0.29, 0.717) is 11.3 Å². The minimum Gasteiger partial charge on any atom is -0.454 e. The van der Waals surface area contributed by atoms with Gasteiger partial charge in [-0.15, -0.1) is 0 Å². The SMILES string of the molecule is O=c1[nH]c(=O)n(COCCO)cc1Cc1cccc(Oc2ccccc2F)c1. The third kappa shape index (κ3) is 4.93. The normalized spacial score (nSPS) is 10.8. The van der Waals surface area contributed by atoms with Gasteiger partial charge in [0, 0.05) is 18.2 Å². The van der Waals surface area contributed by atoms with Crippen LogP contribution in [0.5, 0.6) is 11.5 Å². The van der Waals surface area contributed by atoms with Gasteiger partial charge >= 0.3 is 5.69 Å². The van der Waals surface area contributed by atoms with Crippen LogP contribution in [0.25, 0.3) is 0 Å². The Morgan fingerprint density at radius 1 is 1.11 bits per heavy atom. The van der Waals surface area contributed by atoms with Crippen LogP contribution in [-0.4, -0.2) is 27.9 Å². The predicted molar refractivity (Wildman–Crippen MR) is 100 cm³/mol. The summed E-state index contributed by atoms with van der Waals surface area (Å²) in [6.07, 6.45) is 1.66. The summed E-state index contributed by atoms with van der Waals surface area (Å²) in [5.41, 5.74) is 0.0169. The van der Waals surface area contributed by atoms with Crippen molar-refractivity contribution in [3.05, 3.63) is 92.5 Å². The summed E-state index contributed by atoms with van der Waals surface area (Å²) in [5.74, 6) is 0.0602. The van der Waals surface area contributed by atoms with E-state index in [-0.39, 0.29) is 32.1 Å². The summed E-state index contributed by atoms with van der Waals surface area (Å²) >= 11 is 0. The number of aliphatic hydroxyl groups is 1. The largest absolute Gasteiger partial charge is 0.454 e. The van der Waals surface area contributed by atoms with Crippen molar-refractivity contribution in [3.8, 4) is 11.5 Å². The second-order valence-corrected chi connectivity index (χ2v) is 6.00. The average molecular weight is 386 g/mol. The van der Waals surface area contributed by atoms with Crippen molar-refractivity contribution >= 4 is 0 Å². The van der Waals surface area contributed by atoms with Crippen LogP contribution in [-0.2, 0) is 17.9 Å². The van der Waals surface area contributed by atoms with Gasteiger partial charge in [-0.25, -0.2) is 9.18 Å². The third-order valence-corrected chi connectivity index (χ3v) is 3.91. The standard InChI is InChI=1S/C20H19FN2O5/c21-17-6-1-2-7-18(17)28-16-5-3-4-14(11-16)10-15-12-23(13-27-9-8-24)20(26)22-19(15)25/h1-7,11-12,24H,8-10,13H2,(H,22,25,26). The van der Waals surface area contributed by atoms with Crippen molar-refractivity contribution in [2.75, 3.05) is 13.2 Å². The number of aromatic nitrogens is 2. The highest BCUT2D eigenvalue weighted by Gasteiger charge is 2.08. The molecule has 0 radical (unpaired) electrons. The maximum atomic E-state index is 13.8. The zero-order valence-electron chi connectivity index (χ0n) is 14.9. The predicted octanol–water partition coefficient (Wildman–Crippen LogP) is 2.03. The zero-order valence-corrected chi connectivity index (χ0v) is 14.9. The molecule has 3 rings (SSSR count). The quantitative estimate of drug-likeness (QED) is 0.578. The van der Waals surface area contributed by atoms with Crippen LogP contribution in [0, 0.1) is 5.82 Å². The molecule has 0 aliphatic carbocycles. The van der Waals surface area contributed by atoms with Crippen molar-refractivity contribution in [2.45, 2.75) is 13.2 Å². The Kier molecular flexibility index (Phi) is 6.36. The van der Waals surface area contributed by atoms with Gasteiger partial charge in [-0.3, -0.25) is 14.3 Å². The molecule has 0 spiro atoms. The lowest BCUT2D eigenvalue weighted by Gasteiger charge is -2.10. The summed E-state index contributed by atoms with van der Waals surface area (Å²) in [5, 5.41) is 8.75. The summed E-state index contributed by atoms with van der Waals surface area (Å²) in [6, 6.07) is 13.0. The fraction of sp³-hybridized carbons (Fsp3) is 0.200. The zero-order chi connectivity index (χ0) is 19.9. The number of ether oxygens (including phenoxy) is 2. The van der Waals surface area contributed by atoms with E-state index in [4.69, 9.17) is 14.6 Å². The molecule has 0 aliphatic rings. The summed E-state index contributed by atoms with van der Waals surface area (Å²) in [7, 11) is 0. The molecule has 0 atom stereocenters. The number of halogens is 1. The van der Waals surface area contributed by atoms with E-state index in [0.717, 1.165) is 5.56 Å². The Labute approximate surface area is 159 Å². The van der Waals surface area contributed by atoms with Crippen LogP contribution >= 0.6 is 0 Å². The second kappa shape index (κ2) is 9.12. The molecule has 0 fully saturated rings. The fourth-order valence-corrected chi connectivity index (χ4v) is 2.60. The molecule has 1 aromatic heterocycles. The van der Waals surface area contributed by atoms with Gasteiger partial charge in [-0.05, 0) is 29.8 Å². The second-order valence-electron chi connectivity index (χ2n) is 6.00. The van der Waals surface area contributed by atoms with Crippen molar-refractivity contribution < 1.29 is 19.0 Å². The first-order valence-electron chi connectivity index (χ1n) is 8.59. The average Bonchev–Trinajstić information content (AvgIpc) is 2.67.